The first-order chi connectivity index (χ1) is 10.2. The summed E-state index contributed by atoms with van der Waals surface area (Å²) in [6.45, 7) is 0. The number of pyridine rings is 1. The minimum absolute atomic E-state index is 0.294. The van der Waals surface area contributed by atoms with Gasteiger partial charge in [0, 0.05) is 11.6 Å². The molecule has 7 nitrogen and oxygen atoms in total. The zero-order valence-corrected chi connectivity index (χ0v) is 10.8. The van der Waals surface area contributed by atoms with Crippen molar-refractivity contribution in [2.75, 3.05) is 5.43 Å². The summed E-state index contributed by atoms with van der Waals surface area (Å²) in [6.07, 6.45) is 3.07. The Balaban J connectivity index is 1.79. The molecule has 0 unspecified atom stereocenters. The van der Waals surface area contributed by atoms with Crippen LogP contribution in [0.15, 0.2) is 58.2 Å². The molecule has 0 spiro atoms. The van der Waals surface area contributed by atoms with Crippen LogP contribution in [0, 0.1) is 10.1 Å². The van der Waals surface area contributed by atoms with Crippen LogP contribution in [0.1, 0.15) is 5.76 Å². The van der Waals surface area contributed by atoms with Crippen LogP contribution in [0.3, 0.4) is 0 Å². The third-order valence-electron chi connectivity index (χ3n) is 2.80. The van der Waals surface area contributed by atoms with E-state index < -0.39 is 4.92 Å². The zero-order chi connectivity index (χ0) is 14.7. The normalized spacial score (nSPS) is 11.0. The average Bonchev–Trinajstić information content (AvgIpc) is 2.97. The maximum Gasteiger partial charge on any atom is 0.433 e. The highest BCUT2D eigenvalue weighted by Gasteiger charge is 2.10. The molecule has 3 aromatic rings. The number of nitrogens with one attached hydrogen (secondary N) is 1. The zero-order valence-electron chi connectivity index (χ0n) is 10.8. The van der Waals surface area contributed by atoms with E-state index >= 15 is 0 Å². The summed E-state index contributed by atoms with van der Waals surface area (Å²) >= 11 is 0. The Labute approximate surface area is 119 Å². The summed E-state index contributed by atoms with van der Waals surface area (Å²) in [5.41, 5.74) is 4.39. The number of hydrogen-bond donors (Lipinski definition) is 1. The van der Waals surface area contributed by atoms with Gasteiger partial charge in [0.2, 0.25) is 0 Å². The average molecular weight is 282 g/mol. The Morgan fingerprint density at radius 1 is 1.24 bits per heavy atom. The van der Waals surface area contributed by atoms with Crippen molar-refractivity contribution in [2.24, 2.45) is 5.10 Å². The number of hydrazone groups is 1. The predicted molar refractivity (Wildman–Crippen MR) is 78.3 cm³/mol. The quantitative estimate of drug-likeness (QED) is 0.450. The van der Waals surface area contributed by atoms with Crippen LogP contribution < -0.4 is 5.43 Å². The van der Waals surface area contributed by atoms with E-state index in [0.29, 0.717) is 5.76 Å². The number of nitrogens with zero attached hydrogens (tertiary/aromatic N) is 3. The Morgan fingerprint density at radius 2 is 2.10 bits per heavy atom. The number of nitro groups is 1. The molecule has 21 heavy (non-hydrogen) atoms. The first kappa shape index (κ1) is 12.8. The molecule has 1 aromatic carbocycles. The largest absolute Gasteiger partial charge is 0.433 e. The van der Waals surface area contributed by atoms with Gasteiger partial charge in [-0.1, -0.05) is 18.2 Å². The third-order valence-corrected chi connectivity index (χ3v) is 2.80. The van der Waals surface area contributed by atoms with E-state index in [1.54, 1.807) is 6.20 Å². The molecule has 2 heterocycles. The summed E-state index contributed by atoms with van der Waals surface area (Å²) in [5.74, 6) is -0.0225. The van der Waals surface area contributed by atoms with E-state index in [9.17, 15) is 10.1 Å². The number of fused-ring (bicyclic) bond motifs is 1. The van der Waals surface area contributed by atoms with E-state index in [1.165, 1.54) is 18.3 Å². The van der Waals surface area contributed by atoms with Gasteiger partial charge in [-0.3, -0.25) is 20.5 Å². The van der Waals surface area contributed by atoms with Crippen molar-refractivity contribution in [3.8, 4) is 0 Å². The van der Waals surface area contributed by atoms with Gasteiger partial charge in [-0.25, -0.2) is 0 Å². The van der Waals surface area contributed by atoms with Gasteiger partial charge in [0.1, 0.15) is 4.92 Å². The number of benzene rings is 1. The Hall–Kier alpha value is -3.22. The van der Waals surface area contributed by atoms with Gasteiger partial charge in [-0.2, -0.15) is 5.10 Å². The van der Waals surface area contributed by atoms with Crippen LogP contribution in [0.5, 0.6) is 0 Å². The summed E-state index contributed by atoms with van der Waals surface area (Å²) in [4.78, 5) is 14.2. The summed E-state index contributed by atoms with van der Waals surface area (Å²) in [5, 5.41) is 15.5. The Morgan fingerprint density at radius 3 is 2.90 bits per heavy atom. The molecule has 0 aliphatic carbocycles. The van der Waals surface area contributed by atoms with Gasteiger partial charge >= 0.3 is 5.88 Å². The molecule has 0 atom stereocenters. The first-order valence-electron chi connectivity index (χ1n) is 6.11. The van der Waals surface area contributed by atoms with E-state index in [4.69, 9.17) is 4.42 Å². The van der Waals surface area contributed by atoms with Crippen LogP contribution in [0.25, 0.3) is 10.9 Å². The predicted octanol–water partition coefficient (Wildman–Crippen LogP) is 3.18. The van der Waals surface area contributed by atoms with E-state index in [-0.39, 0.29) is 5.88 Å². The maximum atomic E-state index is 10.5. The summed E-state index contributed by atoms with van der Waals surface area (Å²) < 4.78 is 4.97. The lowest BCUT2D eigenvalue weighted by molar-refractivity contribution is -0.402. The van der Waals surface area contributed by atoms with Crippen molar-refractivity contribution < 1.29 is 9.34 Å². The van der Waals surface area contributed by atoms with Crippen LogP contribution in [-0.2, 0) is 0 Å². The first-order valence-corrected chi connectivity index (χ1v) is 6.11. The molecule has 0 saturated carbocycles. The lowest BCUT2D eigenvalue weighted by Crippen LogP contribution is -1.92. The standard InChI is InChI=1S/C14H10N4O3/c19-18(20)13-7-6-11(21-13)9-16-17-12-5-1-3-10-4-2-8-15-14(10)12/h1-9,17H/b16-9+. The molecule has 0 bridgehead atoms. The van der Waals surface area contributed by atoms with E-state index in [2.05, 4.69) is 15.5 Å². The third kappa shape index (κ3) is 2.71. The number of anilines is 1. The number of rotatable bonds is 4. The molecular formula is C14H10N4O3. The van der Waals surface area contributed by atoms with Crippen LogP contribution in [-0.4, -0.2) is 16.1 Å². The van der Waals surface area contributed by atoms with Crippen molar-refractivity contribution in [3.63, 3.8) is 0 Å². The topological polar surface area (TPSA) is 93.6 Å². The lowest BCUT2D eigenvalue weighted by Gasteiger charge is -2.03. The maximum absolute atomic E-state index is 10.5. The highest BCUT2D eigenvalue weighted by molar-refractivity contribution is 5.90. The SMILES string of the molecule is O=[N+]([O-])c1ccc(/C=N/Nc2cccc3cccnc23)o1. The van der Waals surface area contributed by atoms with Gasteiger partial charge < -0.3 is 4.42 Å². The summed E-state index contributed by atoms with van der Waals surface area (Å²) in [6, 6.07) is 12.2. The fourth-order valence-corrected chi connectivity index (χ4v) is 1.87. The van der Waals surface area contributed by atoms with Crippen LogP contribution in [0.2, 0.25) is 0 Å². The molecule has 0 saturated heterocycles. The van der Waals surface area contributed by atoms with Crippen molar-refractivity contribution in [3.05, 3.63) is 64.5 Å². The molecule has 0 aliphatic rings. The minimum atomic E-state index is -0.598. The number of hydrogen-bond acceptors (Lipinski definition) is 6. The number of aromatic nitrogens is 1. The van der Waals surface area contributed by atoms with Crippen LogP contribution >= 0.6 is 0 Å². The second kappa shape index (κ2) is 5.41. The minimum Gasteiger partial charge on any atom is -0.400 e. The summed E-state index contributed by atoms with van der Waals surface area (Å²) in [7, 11) is 0. The van der Waals surface area contributed by atoms with E-state index in [1.807, 2.05) is 30.3 Å². The lowest BCUT2D eigenvalue weighted by atomic mass is 10.2. The Kier molecular flexibility index (Phi) is 3.30. The monoisotopic (exact) mass is 282 g/mol. The van der Waals surface area contributed by atoms with E-state index in [0.717, 1.165) is 16.6 Å². The van der Waals surface area contributed by atoms with Crippen molar-refractivity contribution >= 4 is 28.7 Å². The fourth-order valence-electron chi connectivity index (χ4n) is 1.87. The molecule has 0 fully saturated rings. The Bertz CT molecular complexity index is 820. The molecule has 2 aromatic heterocycles. The highest BCUT2D eigenvalue weighted by atomic mass is 16.6. The van der Waals surface area contributed by atoms with Crippen molar-refractivity contribution in [2.45, 2.75) is 0 Å². The van der Waals surface area contributed by atoms with Gasteiger partial charge in [0.25, 0.3) is 0 Å². The number of para-hydroxylation sites is 1. The molecule has 7 heteroatoms. The number of furan rings is 1. The second-order valence-electron chi connectivity index (χ2n) is 4.18. The molecule has 0 aliphatic heterocycles. The molecule has 1 N–H and O–H groups in total. The van der Waals surface area contributed by atoms with Gasteiger partial charge in [0.15, 0.2) is 5.76 Å². The molecule has 3 rings (SSSR count). The van der Waals surface area contributed by atoms with Crippen molar-refractivity contribution in [1.29, 1.82) is 0 Å². The fraction of sp³-hybridized carbons (Fsp3) is 0. The van der Waals surface area contributed by atoms with Gasteiger partial charge in [-0.15, -0.1) is 0 Å². The molecule has 104 valence electrons. The second-order valence-corrected chi connectivity index (χ2v) is 4.18. The van der Waals surface area contributed by atoms with Crippen molar-refractivity contribution in [1.82, 2.24) is 4.98 Å². The van der Waals surface area contributed by atoms with Gasteiger partial charge in [0.05, 0.1) is 23.5 Å². The highest BCUT2D eigenvalue weighted by Crippen LogP contribution is 2.20. The smallest absolute Gasteiger partial charge is 0.400 e. The van der Waals surface area contributed by atoms with Crippen LogP contribution in [0.4, 0.5) is 11.6 Å². The molecule has 0 amide bonds. The van der Waals surface area contributed by atoms with Gasteiger partial charge in [-0.05, 0) is 18.2 Å². The molecular weight excluding hydrogens is 272 g/mol. The molecule has 0 radical (unpaired) electrons.